The number of aryl methyl sites for hydroxylation is 2. The van der Waals surface area contributed by atoms with Gasteiger partial charge in [0.2, 0.25) is 11.8 Å². The number of halogens is 2. The molecule has 1 heterocycles. The third-order valence-corrected chi connectivity index (χ3v) is 3.46. The van der Waals surface area contributed by atoms with Gasteiger partial charge in [-0.1, -0.05) is 28.4 Å². The Kier molecular flexibility index (Phi) is 6.21. The lowest BCUT2D eigenvalue weighted by molar-refractivity contribution is -0.121. The van der Waals surface area contributed by atoms with Crippen LogP contribution in [-0.4, -0.2) is 22.6 Å². The molecule has 1 amide bonds. The van der Waals surface area contributed by atoms with E-state index >= 15 is 0 Å². The van der Waals surface area contributed by atoms with E-state index in [1.807, 2.05) is 12.1 Å². The number of hydrogen-bond acceptors (Lipinski definition) is 4. The van der Waals surface area contributed by atoms with Crippen LogP contribution >= 0.6 is 23.2 Å². The molecule has 0 aliphatic carbocycles. The van der Waals surface area contributed by atoms with E-state index in [9.17, 15) is 4.79 Å². The Bertz CT molecular complexity index is 623. The number of rotatable bonds is 7. The second-order valence-electron chi connectivity index (χ2n) is 4.97. The number of aromatic nitrogens is 2. The monoisotopic (exact) mass is 341 g/mol. The molecule has 0 radical (unpaired) electrons. The van der Waals surface area contributed by atoms with Crippen molar-refractivity contribution in [2.45, 2.75) is 32.6 Å². The maximum Gasteiger partial charge on any atom is 0.226 e. The first-order valence-corrected chi connectivity index (χ1v) is 7.79. The van der Waals surface area contributed by atoms with Crippen LogP contribution in [0.4, 0.5) is 0 Å². The summed E-state index contributed by atoms with van der Waals surface area (Å²) in [7, 11) is 0. The molecule has 2 rings (SSSR count). The fraction of sp³-hybridized carbons (Fsp3) is 0.400. The first kappa shape index (κ1) is 16.8. The molecule has 22 heavy (non-hydrogen) atoms. The highest BCUT2D eigenvalue weighted by atomic mass is 35.5. The number of benzene rings is 1. The van der Waals surface area contributed by atoms with Crippen LogP contribution in [-0.2, 0) is 17.6 Å². The number of hydrogen-bond donors (Lipinski definition) is 1. The molecule has 0 aliphatic rings. The highest BCUT2D eigenvalue weighted by Gasteiger charge is 2.06. The molecule has 0 saturated heterocycles. The van der Waals surface area contributed by atoms with Crippen LogP contribution in [0.3, 0.4) is 0 Å². The number of carbonyl (C=O) groups is 1. The summed E-state index contributed by atoms with van der Waals surface area (Å²) in [5, 5.41) is 7.77. The van der Waals surface area contributed by atoms with E-state index in [4.69, 9.17) is 27.7 Å². The lowest BCUT2D eigenvalue weighted by Gasteiger charge is -2.06. The molecular formula is C15H17Cl2N3O2. The molecule has 0 aliphatic heterocycles. The molecule has 0 unspecified atom stereocenters. The number of nitrogens with zero attached hydrogens (tertiary/aromatic N) is 2. The lowest BCUT2D eigenvalue weighted by Crippen LogP contribution is -2.25. The Balaban J connectivity index is 1.65. The van der Waals surface area contributed by atoms with E-state index in [0.717, 1.165) is 5.56 Å². The summed E-state index contributed by atoms with van der Waals surface area (Å²) in [6.07, 6.45) is 2.40. The summed E-state index contributed by atoms with van der Waals surface area (Å²) in [6.45, 7) is 2.32. The summed E-state index contributed by atoms with van der Waals surface area (Å²) in [5.74, 6) is 1.18. The van der Waals surface area contributed by atoms with Gasteiger partial charge in [-0.15, -0.1) is 0 Å². The molecule has 0 spiro atoms. The molecule has 2 aromatic rings. The maximum absolute atomic E-state index is 11.7. The zero-order chi connectivity index (χ0) is 15.9. The van der Waals surface area contributed by atoms with Crippen LogP contribution in [0, 0.1) is 6.92 Å². The van der Waals surface area contributed by atoms with E-state index in [2.05, 4.69) is 15.5 Å². The van der Waals surface area contributed by atoms with Gasteiger partial charge in [0.15, 0.2) is 5.82 Å². The lowest BCUT2D eigenvalue weighted by atomic mass is 10.1. The molecule has 0 saturated carbocycles. The number of amides is 1. The maximum atomic E-state index is 11.7. The average Bonchev–Trinajstić information content (AvgIpc) is 2.83. The van der Waals surface area contributed by atoms with Gasteiger partial charge in [0.25, 0.3) is 0 Å². The van der Waals surface area contributed by atoms with Gasteiger partial charge in [0, 0.05) is 29.4 Å². The summed E-state index contributed by atoms with van der Waals surface area (Å²) in [6, 6.07) is 5.37. The Labute approximate surface area is 139 Å². The van der Waals surface area contributed by atoms with Crippen LogP contribution < -0.4 is 5.32 Å². The van der Waals surface area contributed by atoms with Gasteiger partial charge in [-0.25, -0.2) is 0 Å². The Morgan fingerprint density at radius 3 is 2.59 bits per heavy atom. The topological polar surface area (TPSA) is 68.0 Å². The van der Waals surface area contributed by atoms with Crippen molar-refractivity contribution in [2.24, 2.45) is 0 Å². The van der Waals surface area contributed by atoms with Crippen molar-refractivity contribution in [3.8, 4) is 0 Å². The van der Waals surface area contributed by atoms with Gasteiger partial charge >= 0.3 is 0 Å². The van der Waals surface area contributed by atoms with Gasteiger partial charge in [-0.05, 0) is 43.5 Å². The van der Waals surface area contributed by atoms with Crippen molar-refractivity contribution in [1.29, 1.82) is 0 Å². The van der Waals surface area contributed by atoms with E-state index in [0.29, 0.717) is 54.0 Å². The highest BCUT2D eigenvalue weighted by molar-refractivity contribution is 6.34. The van der Waals surface area contributed by atoms with Crippen molar-refractivity contribution in [3.63, 3.8) is 0 Å². The molecule has 0 atom stereocenters. The minimum absolute atomic E-state index is 0.00404. The predicted octanol–water partition coefficient (Wildman–Crippen LogP) is 3.37. The van der Waals surface area contributed by atoms with Gasteiger partial charge in [0.1, 0.15) is 0 Å². The fourth-order valence-electron chi connectivity index (χ4n) is 2.03. The van der Waals surface area contributed by atoms with Gasteiger partial charge < -0.3 is 9.84 Å². The largest absolute Gasteiger partial charge is 0.356 e. The SMILES string of the molecule is Cc1noc(CCCC(=O)NCCc2cc(Cl)cc(Cl)c2)n1. The molecule has 0 fully saturated rings. The van der Waals surface area contributed by atoms with Crippen LogP contribution in [0.25, 0.3) is 0 Å². The minimum atomic E-state index is 0.00404. The molecule has 1 aromatic carbocycles. The fourth-order valence-corrected chi connectivity index (χ4v) is 2.60. The Morgan fingerprint density at radius 2 is 1.95 bits per heavy atom. The Morgan fingerprint density at radius 1 is 1.23 bits per heavy atom. The number of carbonyl (C=O) groups excluding carboxylic acids is 1. The summed E-state index contributed by atoms with van der Waals surface area (Å²) >= 11 is 11.9. The van der Waals surface area contributed by atoms with E-state index in [-0.39, 0.29) is 5.91 Å². The second-order valence-corrected chi connectivity index (χ2v) is 5.84. The van der Waals surface area contributed by atoms with E-state index in [1.54, 1.807) is 13.0 Å². The normalized spacial score (nSPS) is 10.7. The quantitative estimate of drug-likeness (QED) is 0.838. The van der Waals surface area contributed by atoms with Crippen LogP contribution in [0.1, 0.15) is 30.1 Å². The average molecular weight is 342 g/mol. The van der Waals surface area contributed by atoms with Gasteiger partial charge in [-0.2, -0.15) is 4.98 Å². The molecule has 7 heteroatoms. The smallest absolute Gasteiger partial charge is 0.226 e. The Hall–Kier alpha value is -1.59. The molecule has 1 aromatic heterocycles. The van der Waals surface area contributed by atoms with Crippen molar-refractivity contribution >= 4 is 29.1 Å². The zero-order valence-corrected chi connectivity index (χ0v) is 13.7. The van der Waals surface area contributed by atoms with Gasteiger partial charge in [-0.3, -0.25) is 4.79 Å². The molecule has 0 bridgehead atoms. The highest BCUT2D eigenvalue weighted by Crippen LogP contribution is 2.19. The van der Waals surface area contributed by atoms with Crippen molar-refractivity contribution in [1.82, 2.24) is 15.5 Å². The van der Waals surface area contributed by atoms with E-state index < -0.39 is 0 Å². The van der Waals surface area contributed by atoms with Gasteiger partial charge in [0.05, 0.1) is 0 Å². The summed E-state index contributed by atoms with van der Waals surface area (Å²) in [5.41, 5.74) is 0.999. The van der Waals surface area contributed by atoms with Crippen molar-refractivity contribution in [3.05, 3.63) is 45.5 Å². The third-order valence-electron chi connectivity index (χ3n) is 3.02. The third kappa shape index (κ3) is 5.66. The van der Waals surface area contributed by atoms with Crippen LogP contribution in [0.15, 0.2) is 22.7 Å². The van der Waals surface area contributed by atoms with Crippen molar-refractivity contribution < 1.29 is 9.32 Å². The standard InChI is InChI=1S/C15H17Cl2N3O2/c1-10-19-15(22-20-10)4-2-3-14(21)18-6-5-11-7-12(16)9-13(17)8-11/h7-9H,2-6H2,1H3,(H,18,21). The van der Waals surface area contributed by atoms with Crippen LogP contribution in [0.5, 0.6) is 0 Å². The summed E-state index contributed by atoms with van der Waals surface area (Å²) in [4.78, 5) is 15.8. The van der Waals surface area contributed by atoms with Crippen molar-refractivity contribution in [2.75, 3.05) is 6.54 Å². The summed E-state index contributed by atoms with van der Waals surface area (Å²) < 4.78 is 4.99. The molecule has 118 valence electrons. The first-order chi connectivity index (χ1) is 10.5. The predicted molar refractivity (Wildman–Crippen MR) is 85.1 cm³/mol. The molecule has 5 nitrogen and oxygen atoms in total. The first-order valence-electron chi connectivity index (χ1n) is 7.04. The van der Waals surface area contributed by atoms with Crippen LogP contribution in [0.2, 0.25) is 10.0 Å². The molecular weight excluding hydrogens is 325 g/mol. The van der Waals surface area contributed by atoms with E-state index in [1.165, 1.54) is 0 Å². The number of nitrogens with one attached hydrogen (secondary N) is 1. The second kappa shape index (κ2) is 8.15. The molecule has 1 N–H and O–H groups in total. The zero-order valence-electron chi connectivity index (χ0n) is 12.2. The minimum Gasteiger partial charge on any atom is -0.356 e.